The van der Waals surface area contributed by atoms with E-state index in [1.807, 2.05) is 18.2 Å². The zero-order chi connectivity index (χ0) is 7.56. The van der Waals surface area contributed by atoms with Gasteiger partial charge in [0.1, 0.15) is 5.84 Å². The molecule has 1 aromatic rings. The Bertz CT molecular complexity index is 258. The molecule has 1 rings (SSSR count). The van der Waals surface area contributed by atoms with Gasteiger partial charge in [0.2, 0.25) is 0 Å². The maximum Gasteiger partial charge on any atom is 0.123 e. The van der Waals surface area contributed by atoms with Gasteiger partial charge in [-0.15, -0.1) is 0 Å². The van der Waals surface area contributed by atoms with E-state index in [2.05, 4.69) is 15.9 Å². The predicted molar refractivity (Wildman–Crippen MR) is 45.2 cm³/mol. The van der Waals surface area contributed by atoms with E-state index in [1.54, 1.807) is 6.07 Å². The molecule has 10 heavy (non-hydrogen) atoms. The van der Waals surface area contributed by atoms with Crippen LogP contribution in [0, 0.1) is 5.41 Å². The molecule has 0 spiro atoms. The first-order valence-electron chi connectivity index (χ1n) is 2.81. The van der Waals surface area contributed by atoms with Crippen molar-refractivity contribution in [1.29, 1.82) is 5.41 Å². The third-order valence-electron chi connectivity index (χ3n) is 1.16. The minimum absolute atomic E-state index is 0.0903. The molecule has 1 aromatic carbocycles. The molecule has 0 aromatic heterocycles. The summed E-state index contributed by atoms with van der Waals surface area (Å²) in [4.78, 5) is 0. The predicted octanol–water partition coefficient (Wildman–Crippen LogP) is 1.73. The Morgan fingerprint density at radius 3 is 2.40 bits per heavy atom. The number of benzene rings is 1. The largest absolute Gasteiger partial charge is 0.384 e. The number of hydrogen-bond donors (Lipinski definition) is 2. The monoisotopic (exact) mass is 198 g/mol. The molecule has 0 atom stereocenters. The van der Waals surface area contributed by atoms with Crippen molar-refractivity contribution in [2.45, 2.75) is 0 Å². The molecule has 0 heterocycles. The van der Waals surface area contributed by atoms with Crippen LogP contribution in [0.4, 0.5) is 0 Å². The molecule has 0 fully saturated rings. The van der Waals surface area contributed by atoms with E-state index in [0.29, 0.717) is 0 Å². The highest BCUT2D eigenvalue weighted by atomic mass is 79.9. The highest BCUT2D eigenvalue weighted by Crippen LogP contribution is 2.14. The average molecular weight is 199 g/mol. The van der Waals surface area contributed by atoms with Crippen molar-refractivity contribution in [3.8, 4) is 0 Å². The number of hydrogen-bond acceptors (Lipinski definition) is 1. The van der Waals surface area contributed by atoms with Crippen LogP contribution in [0.3, 0.4) is 0 Å². The summed E-state index contributed by atoms with van der Waals surface area (Å²) < 4.78 is 0.863. The maximum atomic E-state index is 7.12. The molecule has 0 saturated heterocycles. The van der Waals surface area contributed by atoms with E-state index in [1.165, 1.54) is 0 Å². The van der Waals surface area contributed by atoms with E-state index in [-0.39, 0.29) is 5.84 Å². The summed E-state index contributed by atoms with van der Waals surface area (Å²) in [6.07, 6.45) is 0. The number of rotatable bonds is 1. The molecule has 3 heteroatoms. The molecule has 2 nitrogen and oxygen atoms in total. The lowest BCUT2D eigenvalue weighted by atomic mass is 10.2. The van der Waals surface area contributed by atoms with Crippen LogP contribution in [0.5, 0.6) is 0 Å². The van der Waals surface area contributed by atoms with E-state index in [9.17, 15) is 0 Å². The van der Waals surface area contributed by atoms with Crippen LogP contribution >= 0.6 is 15.9 Å². The van der Waals surface area contributed by atoms with E-state index in [0.717, 1.165) is 10.0 Å². The van der Waals surface area contributed by atoms with Crippen molar-refractivity contribution in [3.63, 3.8) is 0 Å². The molecule has 0 bridgehead atoms. The van der Waals surface area contributed by atoms with Crippen LogP contribution in [0.2, 0.25) is 0 Å². The Kier molecular flexibility index (Phi) is 2.06. The highest BCUT2D eigenvalue weighted by Gasteiger charge is 1.98. The quantitative estimate of drug-likeness (QED) is 0.525. The third-order valence-corrected chi connectivity index (χ3v) is 1.86. The molecule has 0 aliphatic rings. The van der Waals surface area contributed by atoms with Crippen LogP contribution < -0.4 is 5.73 Å². The first-order valence-corrected chi connectivity index (χ1v) is 3.60. The molecule has 0 radical (unpaired) electrons. The summed E-state index contributed by atoms with van der Waals surface area (Å²) in [6, 6.07) is 7.39. The molecule has 0 saturated carbocycles. The van der Waals surface area contributed by atoms with Gasteiger partial charge in [0, 0.05) is 10.0 Å². The lowest BCUT2D eigenvalue weighted by Gasteiger charge is -1.98. The number of nitrogen functional groups attached to an aromatic ring is 1. The standard InChI is InChI=1S/C7H7BrN2/c8-6-4-2-1-3-5(6)7(9)10/h1-4H,(H3,9,10). The van der Waals surface area contributed by atoms with Gasteiger partial charge in [0.05, 0.1) is 0 Å². The van der Waals surface area contributed by atoms with Crippen molar-refractivity contribution in [3.05, 3.63) is 34.3 Å². The Hall–Kier alpha value is -0.830. The summed E-state index contributed by atoms with van der Waals surface area (Å²) in [5.41, 5.74) is 6.01. The number of halogens is 1. The van der Waals surface area contributed by atoms with Crippen LogP contribution in [-0.2, 0) is 0 Å². The average Bonchev–Trinajstić information content (AvgIpc) is 1.88. The topological polar surface area (TPSA) is 49.9 Å². The van der Waals surface area contributed by atoms with Gasteiger partial charge in [0.15, 0.2) is 0 Å². The Morgan fingerprint density at radius 1 is 1.40 bits per heavy atom. The second kappa shape index (κ2) is 2.84. The lowest BCUT2D eigenvalue weighted by molar-refractivity contribution is 1.41. The van der Waals surface area contributed by atoms with Crippen LogP contribution in [-0.4, -0.2) is 5.84 Å². The van der Waals surface area contributed by atoms with Gasteiger partial charge in [-0.05, 0) is 6.07 Å². The molecule has 3 N–H and O–H groups in total. The first kappa shape index (κ1) is 7.28. The van der Waals surface area contributed by atoms with E-state index < -0.39 is 0 Å². The molecule has 0 aliphatic carbocycles. The Balaban J connectivity index is 3.15. The number of nitrogens with one attached hydrogen (secondary N) is 1. The molecule has 0 aliphatic heterocycles. The zero-order valence-electron chi connectivity index (χ0n) is 5.26. The third kappa shape index (κ3) is 1.36. The summed E-state index contributed by atoms with van der Waals surface area (Å²) in [5.74, 6) is 0.0903. The van der Waals surface area contributed by atoms with E-state index >= 15 is 0 Å². The highest BCUT2D eigenvalue weighted by molar-refractivity contribution is 9.10. The van der Waals surface area contributed by atoms with Gasteiger partial charge in [-0.3, -0.25) is 5.41 Å². The molecular formula is C7H7BrN2. The van der Waals surface area contributed by atoms with E-state index in [4.69, 9.17) is 11.1 Å². The second-order valence-corrected chi connectivity index (χ2v) is 2.75. The van der Waals surface area contributed by atoms with Gasteiger partial charge in [-0.1, -0.05) is 34.1 Å². The van der Waals surface area contributed by atoms with Gasteiger partial charge < -0.3 is 5.73 Å². The Morgan fingerprint density at radius 2 is 2.00 bits per heavy atom. The van der Waals surface area contributed by atoms with Crippen molar-refractivity contribution in [2.75, 3.05) is 0 Å². The molecule has 0 amide bonds. The lowest BCUT2D eigenvalue weighted by Crippen LogP contribution is -2.11. The fourth-order valence-corrected chi connectivity index (χ4v) is 1.18. The van der Waals surface area contributed by atoms with Crippen molar-refractivity contribution in [2.24, 2.45) is 5.73 Å². The van der Waals surface area contributed by atoms with Gasteiger partial charge in [0.25, 0.3) is 0 Å². The molecular weight excluding hydrogens is 192 g/mol. The fourth-order valence-electron chi connectivity index (χ4n) is 0.680. The van der Waals surface area contributed by atoms with Crippen LogP contribution in [0.15, 0.2) is 28.7 Å². The van der Waals surface area contributed by atoms with Crippen LogP contribution in [0.25, 0.3) is 0 Å². The maximum absolute atomic E-state index is 7.12. The summed E-state index contributed by atoms with van der Waals surface area (Å²) in [5, 5.41) is 7.12. The van der Waals surface area contributed by atoms with Crippen molar-refractivity contribution in [1.82, 2.24) is 0 Å². The minimum atomic E-state index is 0.0903. The summed E-state index contributed by atoms with van der Waals surface area (Å²) in [6.45, 7) is 0. The second-order valence-electron chi connectivity index (χ2n) is 1.89. The fraction of sp³-hybridized carbons (Fsp3) is 0. The smallest absolute Gasteiger partial charge is 0.123 e. The molecule has 0 unspecified atom stereocenters. The summed E-state index contributed by atoms with van der Waals surface area (Å²) in [7, 11) is 0. The van der Waals surface area contributed by atoms with Gasteiger partial charge in [-0.25, -0.2) is 0 Å². The zero-order valence-corrected chi connectivity index (χ0v) is 6.85. The minimum Gasteiger partial charge on any atom is -0.384 e. The SMILES string of the molecule is N=C(N)c1ccccc1Br. The number of amidine groups is 1. The Labute approximate surface area is 67.7 Å². The number of nitrogens with two attached hydrogens (primary N) is 1. The van der Waals surface area contributed by atoms with Crippen molar-refractivity contribution >= 4 is 21.8 Å². The van der Waals surface area contributed by atoms with Gasteiger partial charge in [-0.2, -0.15) is 0 Å². The molecule has 52 valence electrons. The van der Waals surface area contributed by atoms with Crippen molar-refractivity contribution < 1.29 is 0 Å². The first-order chi connectivity index (χ1) is 4.72. The summed E-state index contributed by atoms with van der Waals surface area (Å²) >= 11 is 3.28. The van der Waals surface area contributed by atoms with Crippen LogP contribution in [0.1, 0.15) is 5.56 Å². The normalized spacial score (nSPS) is 9.30. The van der Waals surface area contributed by atoms with Gasteiger partial charge >= 0.3 is 0 Å².